The Bertz CT molecular complexity index is 2500. The number of nitrogens with two attached hydrogens (primary N) is 1. The van der Waals surface area contributed by atoms with Crippen molar-refractivity contribution in [1.82, 2.24) is 15.1 Å². The summed E-state index contributed by atoms with van der Waals surface area (Å²) in [5, 5.41) is 9.51. The van der Waals surface area contributed by atoms with E-state index in [1.165, 1.54) is 36.4 Å². The first-order chi connectivity index (χ1) is 30.5. The van der Waals surface area contributed by atoms with E-state index in [1.54, 1.807) is 56.3 Å². The van der Waals surface area contributed by atoms with Gasteiger partial charge in [-0.05, 0) is 95.8 Å². The molecular weight excluding hydrogens is 924 g/mol. The summed E-state index contributed by atoms with van der Waals surface area (Å²) in [7, 11) is 0. The van der Waals surface area contributed by atoms with Crippen LogP contribution in [0.5, 0.6) is 11.5 Å². The van der Waals surface area contributed by atoms with Crippen LogP contribution in [0.15, 0.2) is 112 Å². The second-order valence-electron chi connectivity index (χ2n) is 14.9. The van der Waals surface area contributed by atoms with Gasteiger partial charge in [0.15, 0.2) is 16.6 Å². The van der Waals surface area contributed by atoms with Crippen molar-refractivity contribution in [2.24, 2.45) is 20.7 Å². The third kappa shape index (κ3) is 11.4. The van der Waals surface area contributed by atoms with Crippen molar-refractivity contribution >= 4 is 70.6 Å². The highest BCUT2D eigenvalue weighted by atomic mass is 35.5. The van der Waals surface area contributed by atoms with E-state index in [0.717, 1.165) is 18.4 Å². The summed E-state index contributed by atoms with van der Waals surface area (Å²) in [5.41, 5.74) is 7.92. The summed E-state index contributed by atoms with van der Waals surface area (Å²) < 4.78 is 83.7. The lowest BCUT2D eigenvalue weighted by Crippen LogP contribution is -2.46. The molecule has 2 amide bonds. The number of benzene rings is 4. The van der Waals surface area contributed by atoms with Crippen molar-refractivity contribution in [3.05, 3.63) is 119 Å². The van der Waals surface area contributed by atoms with Crippen LogP contribution in [-0.4, -0.2) is 83.3 Å². The summed E-state index contributed by atoms with van der Waals surface area (Å²) >= 11 is 5.58. The van der Waals surface area contributed by atoms with Gasteiger partial charge in [0.05, 0.1) is 0 Å². The molecule has 1 fully saturated rings. The first-order valence-corrected chi connectivity index (χ1v) is 20.7. The maximum absolute atomic E-state index is 12.6. The number of carbonyl (C=O) groups excluding carboxylic acids is 2. The molecule has 67 heavy (non-hydrogen) atoms. The molecule has 2 atom stereocenters. The number of nitrogens with zero attached hydrogens (tertiary/aromatic N) is 5. The molecule has 8 rings (SSSR count). The van der Waals surface area contributed by atoms with Gasteiger partial charge in [-0.2, -0.15) is 0 Å². The zero-order valence-corrected chi connectivity index (χ0v) is 36.6. The monoisotopic (exact) mass is 975 g/mol. The Morgan fingerprint density at radius 3 is 1.67 bits per heavy atom. The van der Waals surface area contributed by atoms with Gasteiger partial charge in [0.1, 0.15) is 28.7 Å². The Balaban J connectivity index is 0.000000280. The number of rotatable bonds is 10. The Hall–Kier alpha value is -6.41. The molecule has 1 saturated heterocycles. The molecule has 4 aromatic carbocycles. The molecule has 0 aromatic heterocycles. The lowest BCUT2D eigenvalue weighted by molar-refractivity contribution is -0.275. The first-order valence-electron chi connectivity index (χ1n) is 20.3. The van der Waals surface area contributed by atoms with Crippen LogP contribution in [0.4, 0.5) is 37.7 Å². The molecule has 5 N–H and O–H groups in total. The Morgan fingerprint density at radius 1 is 0.701 bits per heavy atom. The lowest BCUT2D eigenvalue weighted by Gasteiger charge is -2.33. The van der Waals surface area contributed by atoms with Crippen LogP contribution in [0.1, 0.15) is 76.6 Å². The SMILES string of the molecule is C.C.CCC(=O)Nc1cccc(C2(c3ccc(OC(F)(F)F)cc3)N=C(N)N3CCCN=C32)c1.CCC(=O)Nc1cccc(C2(c3ccc(OC(F)(F)F)cc3)NC(=S)N3CCCN=C32)c1.Cl. The van der Waals surface area contributed by atoms with Gasteiger partial charge in [0.25, 0.3) is 0 Å². The van der Waals surface area contributed by atoms with Gasteiger partial charge in [-0.15, -0.1) is 38.7 Å². The molecule has 0 radical (unpaired) electrons. The number of amides is 2. The molecule has 4 aliphatic rings. The van der Waals surface area contributed by atoms with Crippen molar-refractivity contribution in [3.63, 3.8) is 0 Å². The molecular formula is C46H52ClF6N9O4S. The van der Waals surface area contributed by atoms with E-state index in [1.807, 2.05) is 28.0 Å². The molecule has 0 aliphatic carbocycles. The number of thiocarbonyl (C=S) groups is 1. The number of fused-ring (bicyclic) bond motifs is 2. The Kier molecular flexibility index (Phi) is 17.1. The maximum Gasteiger partial charge on any atom is 0.573 e. The summed E-state index contributed by atoms with van der Waals surface area (Å²) in [6, 6.07) is 25.6. The fraction of sp³-hybridized carbons (Fsp3) is 0.348. The number of aliphatic imine (C=N–C) groups is 3. The minimum atomic E-state index is -4.79. The highest BCUT2D eigenvalue weighted by Gasteiger charge is 2.51. The molecule has 0 saturated carbocycles. The molecule has 13 nitrogen and oxygen atoms in total. The third-order valence-electron chi connectivity index (χ3n) is 10.7. The normalized spacial score (nSPS) is 19.4. The smallest absolute Gasteiger partial charge is 0.406 e. The molecule has 0 spiro atoms. The standard InChI is InChI=1S/C22H22F3N5O2.C22H21F3N4O2S.2CH4.ClH/c1-2-18(31)28-16-6-3-5-15(13-16)21(19-27-11-4-12-30(19)20(26)29-21)14-7-9-17(10-8-14)32-22(23,24)25;1-2-18(30)27-16-6-3-5-15(13-16)21(19-26-11-4-12-29(19)20(32)28-21)14-7-9-17(10-8-14)31-22(23,24)25;;;/h3,5-10,13H,2,4,11-12H2,1H3,(H2,26,29)(H,28,31);3,5-10,13H,2,4,11-12H2,1H3,(H,27,30)(H,28,32);2*1H4;1H. The van der Waals surface area contributed by atoms with Gasteiger partial charge < -0.3 is 36.1 Å². The molecule has 21 heteroatoms. The van der Waals surface area contributed by atoms with E-state index in [0.29, 0.717) is 83.9 Å². The quantitative estimate of drug-likeness (QED) is 0.0898. The van der Waals surface area contributed by atoms with Crippen molar-refractivity contribution in [3.8, 4) is 11.5 Å². The summed E-state index contributed by atoms with van der Waals surface area (Å²) in [5.74, 6) is 0.636. The van der Waals surface area contributed by atoms with Crippen LogP contribution < -0.4 is 31.2 Å². The van der Waals surface area contributed by atoms with Crippen LogP contribution in [0, 0.1) is 0 Å². The number of halogens is 7. The third-order valence-corrected chi connectivity index (χ3v) is 11.0. The number of carbonyl (C=O) groups is 2. The van der Waals surface area contributed by atoms with Crippen LogP contribution in [0.25, 0.3) is 0 Å². The largest absolute Gasteiger partial charge is 0.573 e. The molecule has 2 unspecified atom stereocenters. The minimum Gasteiger partial charge on any atom is -0.406 e. The molecule has 360 valence electrons. The number of anilines is 2. The van der Waals surface area contributed by atoms with Crippen molar-refractivity contribution in [1.29, 1.82) is 0 Å². The van der Waals surface area contributed by atoms with Crippen LogP contribution >= 0.6 is 24.6 Å². The number of hydrogen-bond acceptors (Lipinski definition) is 10. The Labute approximate surface area is 396 Å². The van der Waals surface area contributed by atoms with Gasteiger partial charge >= 0.3 is 12.7 Å². The van der Waals surface area contributed by atoms with Gasteiger partial charge in [0.2, 0.25) is 11.8 Å². The number of ether oxygens (including phenoxy) is 2. The van der Waals surface area contributed by atoms with E-state index >= 15 is 0 Å². The molecule has 4 aliphatic heterocycles. The first kappa shape index (κ1) is 53.2. The maximum atomic E-state index is 12.6. The predicted molar refractivity (Wildman–Crippen MR) is 254 cm³/mol. The second kappa shape index (κ2) is 21.5. The average Bonchev–Trinajstić information content (AvgIpc) is 3.75. The van der Waals surface area contributed by atoms with E-state index < -0.39 is 23.8 Å². The average molecular weight is 976 g/mol. The van der Waals surface area contributed by atoms with Crippen molar-refractivity contribution in [2.45, 2.75) is 78.2 Å². The van der Waals surface area contributed by atoms with Crippen LogP contribution in [-0.2, 0) is 20.7 Å². The van der Waals surface area contributed by atoms with E-state index in [4.69, 9.17) is 27.9 Å². The topological polar surface area (TPSA) is 158 Å². The van der Waals surface area contributed by atoms with Gasteiger partial charge in [-0.3, -0.25) is 24.5 Å². The number of alkyl halides is 6. The van der Waals surface area contributed by atoms with Crippen molar-refractivity contribution < 1.29 is 45.4 Å². The van der Waals surface area contributed by atoms with Gasteiger partial charge in [-0.1, -0.05) is 77.2 Å². The molecule has 4 heterocycles. The fourth-order valence-electron chi connectivity index (χ4n) is 7.91. The van der Waals surface area contributed by atoms with Crippen LogP contribution in [0.2, 0.25) is 0 Å². The zero-order valence-electron chi connectivity index (χ0n) is 34.9. The lowest BCUT2D eigenvalue weighted by atomic mass is 9.81. The number of nitrogens with one attached hydrogen (secondary N) is 3. The minimum absolute atomic E-state index is 0. The second-order valence-corrected chi connectivity index (χ2v) is 15.3. The van der Waals surface area contributed by atoms with Crippen LogP contribution in [0.3, 0.4) is 0 Å². The fourth-order valence-corrected chi connectivity index (χ4v) is 8.24. The summed E-state index contributed by atoms with van der Waals surface area (Å²) in [6.07, 6.45) is -7.26. The molecule has 0 bridgehead atoms. The predicted octanol–water partition coefficient (Wildman–Crippen LogP) is 9.47. The molecule has 4 aromatic rings. The van der Waals surface area contributed by atoms with Gasteiger partial charge in [-0.25, -0.2) is 4.99 Å². The summed E-state index contributed by atoms with van der Waals surface area (Å²) in [6.45, 7) is 6.03. The van der Waals surface area contributed by atoms with Gasteiger partial charge in [0, 0.05) is 50.4 Å². The zero-order chi connectivity index (χ0) is 45.9. The van der Waals surface area contributed by atoms with E-state index in [2.05, 4.69) is 30.4 Å². The van der Waals surface area contributed by atoms with E-state index in [9.17, 15) is 35.9 Å². The Morgan fingerprint density at radius 2 is 1.16 bits per heavy atom. The number of guanidine groups is 1. The summed E-state index contributed by atoms with van der Waals surface area (Å²) in [4.78, 5) is 41.7. The van der Waals surface area contributed by atoms with Crippen molar-refractivity contribution in [2.75, 3.05) is 36.8 Å². The number of hydrogen-bond donors (Lipinski definition) is 4. The van der Waals surface area contributed by atoms with E-state index in [-0.39, 0.29) is 56.5 Å². The highest BCUT2D eigenvalue weighted by Crippen LogP contribution is 2.43. The highest BCUT2D eigenvalue weighted by molar-refractivity contribution is 7.80. The number of amidine groups is 2.